The Balaban J connectivity index is 2.20. The monoisotopic (exact) mass is 202 g/mol. The van der Waals surface area contributed by atoms with E-state index in [9.17, 15) is 0 Å². The summed E-state index contributed by atoms with van der Waals surface area (Å²) in [6, 6.07) is 0. The Bertz CT molecular complexity index is 151. The molecule has 2 rings (SSSR count). The van der Waals surface area contributed by atoms with Crippen molar-refractivity contribution in [3.63, 3.8) is 0 Å². The first-order chi connectivity index (χ1) is 4.59. The van der Waals surface area contributed by atoms with Gasteiger partial charge in [0.05, 0.1) is 0 Å². The molecule has 0 aromatic heterocycles. The minimum Gasteiger partial charge on any atom is -0.0887 e. The molecule has 3 atom stereocenters. The van der Waals surface area contributed by atoms with Gasteiger partial charge in [-0.3, -0.25) is 0 Å². The van der Waals surface area contributed by atoms with Gasteiger partial charge in [-0.1, -0.05) is 29.8 Å². The van der Waals surface area contributed by atoms with Crippen molar-refractivity contribution in [3.05, 3.63) is 0 Å². The molecule has 58 valence electrons. The summed E-state index contributed by atoms with van der Waals surface area (Å²) in [5.41, 5.74) is 0.636. The minimum atomic E-state index is 0.636. The first-order valence-electron chi connectivity index (χ1n) is 4.24. The number of rotatable bonds is 0. The molecule has 0 amide bonds. The predicted octanol–water partition coefficient (Wildman–Crippen LogP) is 3.21. The van der Waals surface area contributed by atoms with Gasteiger partial charge in [0.15, 0.2) is 0 Å². The van der Waals surface area contributed by atoms with Crippen LogP contribution in [0, 0.1) is 17.3 Å². The fourth-order valence-electron chi connectivity index (χ4n) is 2.96. The lowest BCUT2D eigenvalue weighted by molar-refractivity contribution is 0.226. The second-order valence-electron chi connectivity index (χ2n) is 4.65. The van der Waals surface area contributed by atoms with E-state index in [2.05, 4.69) is 29.8 Å². The van der Waals surface area contributed by atoms with Crippen molar-refractivity contribution in [1.29, 1.82) is 0 Å². The molecule has 0 heterocycles. The van der Waals surface area contributed by atoms with E-state index in [0.29, 0.717) is 5.41 Å². The lowest BCUT2D eigenvalue weighted by Crippen LogP contribution is -2.27. The average Bonchev–Trinajstić information content (AvgIpc) is 2.18. The summed E-state index contributed by atoms with van der Waals surface area (Å²) < 4.78 is 0. The molecule has 2 bridgehead atoms. The smallest absolute Gasteiger partial charge is 0.0181 e. The van der Waals surface area contributed by atoms with Gasteiger partial charge in [0.25, 0.3) is 0 Å². The highest BCUT2D eigenvalue weighted by Crippen LogP contribution is 2.57. The standard InChI is InChI=1S/C9H15Br/c1-9(2)5-6-3-7(9)8(10)4-6/h6-8H,3-5H2,1-2H3. The van der Waals surface area contributed by atoms with E-state index in [1.54, 1.807) is 0 Å². The van der Waals surface area contributed by atoms with Crippen LogP contribution in [0.5, 0.6) is 0 Å². The number of fused-ring (bicyclic) bond motifs is 2. The van der Waals surface area contributed by atoms with Crippen molar-refractivity contribution < 1.29 is 0 Å². The van der Waals surface area contributed by atoms with Crippen LogP contribution in [0.3, 0.4) is 0 Å². The highest BCUT2D eigenvalue weighted by atomic mass is 79.9. The first kappa shape index (κ1) is 7.15. The van der Waals surface area contributed by atoms with Crippen molar-refractivity contribution in [2.45, 2.75) is 37.9 Å². The first-order valence-corrected chi connectivity index (χ1v) is 5.15. The van der Waals surface area contributed by atoms with Gasteiger partial charge < -0.3 is 0 Å². The Morgan fingerprint density at radius 1 is 1.30 bits per heavy atom. The van der Waals surface area contributed by atoms with Crippen LogP contribution in [-0.2, 0) is 0 Å². The fraction of sp³-hybridized carbons (Fsp3) is 1.00. The van der Waals surface area contributed by atoms with E-state index in [1.807, 2.05) is 0 Å². The molecular weight excluding hydrogens is 188 g/mol. The third-order valence-electron chi connectivity index (χ3n) is 3.40. The molecule has 3 unspecified atom stereocenters. The Kier molecular flexibility index (Phi) is 1.43. The summed E-state index contributed by atoms with van der Waals surface area (Å²) in [6.45, 7) is 4.84. The predicted molar refractivity (Wildman–Crippen MR) is 47.3 cm³/mol. The van der Waals surface area contributed by atoms with Gasteiger partial charge in [-0.25, -0.2) is 0 Å². The summed E-state index contributed by atoms with van der Waals surface area (Å²) in [5.74, 6) is 2.02. The molecule has 2 saturated carbocycles. The molecule has 0 N–H and O–H groups in total. The summed E-state index contributed by atoms with van der Waals surface area (Å²) in [5, 5.41) is 0. The maximum atomic E-state index is 3.77. The van der Waals surface area contributed by atoms with Crippen molar-refractivity contribution in [2.24, 2.45) is 17.3 Å². The van der Waals surface area contributed by atoms with Crippen LogP contribution in [0.4, 0.5) is 0 Å². The van der Waals surface area contributed by atoms with E-state index in [0.717, 1.165) is 16.7 Å². The highest BCUT2D eigenvalue weighted by Gasteiger charge is 2.49. The Labute approximate surface area is 71.5 Å². The van der Waals surface area contributed by atoms with Gasteiger partial charge in [0.2, 0.25) is 0 Å². The number of hydrogen-bond acceptors (Lipinski definition) is 0. The number of hydrogen-bond donors (Lipinski definition) is 0. The van der Waals surface area contributed by atoms with Crippen LogP contribution in [0.1, 0.15) is 33.1 Å². The largest absolute Gasteiger partial charge is 0.0887 e. The topological polar surface area (TPSA) is 0 Å². The summed E-state index contributed by atoms with van der Waals surface area (Å²) in [6.07, 6.45) is 4.40. The van der Waals surface area contributed by atoms with Crippen LogP contribution in [-0.4, -0.2) is 4.83 Å². The number of halogens is 1. The van der Waals surface area contributed by atoms with Crippen LogP contribution in [0.2, 0.25) is 0 Å². The molecule has 0 aliphatic heterocycles. The zero-order valence-corrected chi connectivity index (χ0v) is 8.32. The van der Waals surface area contributed by atoms with Gasteiger partial charge >= 0.3 is 0 Å². The highest BCUT2D eigenvalue weighted by molar-refractivity contribution is 9.09. The normalized spacial score (nSPS) is 50.1. The maximum absolute atomic E-state index is 3.77. The van der Waals surface area contributed by atoms with Gasteiger partial charge in [0, 0.05) is 4.83 Å². The molecule has 0 spiro atoms. The molecule has 0 aromatic rings. The summed E-state index contributed by atoms with van der Waals surface area (Å²) >= 11 is 3.77. The number of alkyl halides is 1. The molecule has 0 radical (unpaired) electrons. The van der Waals surface area contributed by atoms with E-state index < -0.39 is 0 Å². The van der Waals surface area contributed by atoms with E-state index in [4.69, 9.17) is 0 Å². The van der Waals surface area contributed by atoms with Crippen LogP contribution in [0.15, 0.2) is 0 Å². The van der Waals surface area contributed by atoms with Gasteiger partial charge in [-0.05, 0) is 36.5 Å². The van der Waals surface area contributed by atoms with Gasteiger partial charge in [-0.2, -0.15) is 0 Å². The molecule has 1 heteroatoms. The Morgan fingerprint density at radius 3 is 2.30 bits per heavy atom. The molecular formula is C9H15Br. The van der Waals surface area contributed by atoms with Crippen LogP contribution >= 0.6 is 15.9 Å². The van der Waals surface area contributed by atoms with E-state index in [-0.39, 0.29) is 0 Å². The summed E-state index contributed by atoms with van der Waals surface area (Å²) in [4.78, 5) is 0.834. The zero-order chi connectivity index (χ0) is 7.35. The molecule has 0 saturated heterocycles. The van der Waals surface area contributed by atoms with Crippen molar-refractivity contribution in [3.8, 4) is 0 Å². The second kappa shape index (κ2) is 2.00. The summed E-state index contributed by atoms with van der Waals surface area (Å²) in [7, 11) is 0. The van der Waals surface area contributed by atoms with Gasteiger partial charge in [-0.15, -0.1) is 0 Å². The molecule has 2 aliphatic carbocycles. The maximum Gasteiger partial charge on any atom is 0.0181 e. The van der Waals surface area contributed by atoms with Crippen LogP contribution in [0.25, 0.3) is 0 Å². The molecule has 10 heavy (non-hydrogen) atoms. The zero-order valence-electron chi connectivity index (χ0n) is 6.73. The fourth-order valence-corrected chi connectivity index (χ4v) is 4.42. The Morgan fingerprint density at radius 2 is 2.00 bits per heavy atom. The Hall–Kier alpha value is 0.480. The second-order valence-corrected chi connectivity index (χ2v) is 5.83. The molecule has 2 aliphatic rings. The van der Waals surface area contributed by atoms with Crippen molar-refractivity contribution in [2.75, 3.05) is 0 Å². The average molecular weight is 203 g/mol. The van der Waals surface area contributed by atoms with E-state index >= 15 is 0 Å². The SMILES string of the molecule is CC1(C)CC2CC(Br)C1C2. The lowest BCUT2D eigenvalue weighted by Gasteiger charge is -2.32. The minimum absolute atomic E-state index is 0.636. The van der Waals surface area contributed by atoms with Crippen LogP contribution < -0.4 is 0 Å². The van der Waals surface area contributed by atoms with Crippen molar-refractivity contribution in [1.82, 2.24) is 0 Å². The van der Waals surface area contributed by atoms with E-state index in [1.165, 1.54) is 19.3 Å². The third kappa shape index (κ3) is 0.861. The molecule has 2 fully saturated rings. The molecule has 0 nitrogen and oxygen atoms in total. The molecule has 0 aromatic carbocycles. The van der Waals surface area contributed by atoms with Crippen molar-refractivity contribution >= 4 is 15.9 Å². The third-order valence-corrected chi connectivity index (χ3v) is 4.41. The van der Waals surface area contributed by atoms with Gasteiger partial charge in [0.1, 0.15) is 0 Å². The lowest BCUT2D eigenvalue weighted by atomic mass is 9.77. The quantitative estimate of drug-likeness (QED) is 0.530.